The zero-order chi connectivity index (χ0) is 14.9. The highest BCUT2D eigenvalue weighted by Gasteiger charge is 2.34. The first-order chi connectivity index (χ1) is 9.32. The second-order valence-corrected chi connectivity index (χ2v) is 8.98. The first-order valence-corrected chi connectivity index (χ1v) is 9.42. The van der Waals surface area contributed by atoms with E-state index >= 15 is 0 Å². The SMILES string of the molecule is Cc1sc(CNC(C)C)cc1S(=O)(=O)N1CCCC1C. The van der Waals surface area contributed by atoms with E-state index in [1.54, 1.807) is 15.6 Å². The van der Waals surface area contributed by atoms with E-state index in [1.165, 1.54) is 0 Å². The number of nitrogens with zero attached hydrogens (tertiary/aromatic N) is 1. The predicted octanol–water partition coefficient (Wildman–Crippen LogP) is 2.73. The Hall–Kier alpha value is -0.430. The molecule has 0 radical (unpaired) electrons. The van der Waals surface area contributed by atoms with Crippen molar-refractivity contribution in [1.29, 1.82) is 0 Å². The van der Waals surface area contributed by atoms with Gasteiger partial charge in [-0.1, -0.05) is 13.8 Å². The molecule has 1 aromatic heterocycles. The van der Waals surface area contributed by atoms with Crippen molar-refractivity contribution in [3.05, 3.63) is 15.8 Å². The van der Waals surface area contributed by atoms with Crippen LogP contribution in [0.3, 0.4) is 0 Å². The van der Waals surface area contributed by atoms with Crippen molar-refractivity contribution in [3.63, 3.8) is 0 Å². The summed E-state index contributed by atoms with van der Waals surface area (Å²) in [5, 5.41) is 3.33. The molecule has 2 heterocycles. The average Bonchev–Trinajstić information content (AvgIpc) is 2.93. The average molecular weight is 316 g/mol. The summed E-state index contributed by atoms with van der Waals surface area (Å²) in [5.74, 6) is 0. The molecule has 1 fully saturated rings. The minimum absolute atomic E-state index is 0.122. The monoisotopic (exact) mass is 316 g/mol. The molecule has 0 saturated carbocycles. The van der Waals surface area contributed by atoms with Crippen LogP contribution in [0.2, 0.25) is 0 Å². The van der Waals surface area contributed by atoms with Crippen molar-refractivity contribution in [1.82, 2.24) is 9.62 Å². The highest BCUT2D eigenvalue weighted by Crippen LogP contribution is 2.32. The second kappa shape index (κ2) is 6.13. The lowest BCUT2D eigenvalue weighted by atomic mass is 10.3. The summed E-state index contributed by atoms with van der Waals surface area (Å²) in [6.45, 7) is 9.45. The lowest BCUT2D eigenvalue weighted by Gasteiger charge is -2.20. The van der Waals surface area contributed by atoms with E-state index in [1.807, 2.05) is 19.9 Å². The largest absolute Gasteiger partial charge is 0.310 e. The van der Waals surface area contributed by atoms with Gasteiger partial charge in [-0.2, -0.15) is 4.31 Å². The molecular formula is C14H24N2O2S2. The summed E-state index contributed by atoms with van der Waals surface area (Å²) in [6.07, 6.45) is 1.93. The van der Waals surface area contributed by atoms with Gasteiger partial charge in [0.1, 0.15) is 0 Å². The molecular weight excluding hydrogens is 292 g/mol. The molecule has 0 bridgehead atoms. The summed E-state index contributed by atoms with van der Waals surface area (Å²) < 4.78 is 27.1. The Morgan fingerprint density at radius 1 is 1.50 bits per heavy atom. The molecule has 1 unspecified atom stereocenters. The van der Waals surface area contributed by atoms with Crippen LogP contribution in [0.1, 0.15) is 43.4 Å². The Morgan fingerprint density at radius 3 is 2.75 bits per heavy atom. The van der Waals surface area contributed by atoms with E-state index in [-0.39, 0.29) is 6.04 Å². The molecule has 1 atom stereocenters. The van der Waals surface area contributed by atoms with E-state index in [0.717, 1.165) is 29.1 Å². The maximum absolute atomic E-state index is 12.7. The van der Waals surface area contributed by atoms with E-state index < -0.39 is 10.0 Å². The van der Waals surface area contributed by atoms with E-state index in [4.69, 9.17) is 0 Å². The predicted molar refractivity (Wildman–Crippen MR) is 83.6 cm³/mol. The molecule has 0 amide bonds. The zero-order valence-corrected chi connectivity index (χ0v) is 14.3. The Morgan fingerprint density at radius 2 is 2.20 bits per heavy atom. The Balaban J connectivity index is 2.23. The summed E-state index contributed by atoms with van der Waals surface area (Å²) in [4.78, 5) is 2.48. The number of thiophene rings is 1. The molecule has 0 aromatic carbocycles. The quantitative estimate of drug-likeness (QED) is 0.908. The zero-order valence-electron chi connectivity index (χ0n) is 12.6. The van der Waals surface area contributed by atoms with Gasteiger partial charge in [-0.25, -0.2) is 8.42 Å². The summed E-state index contributed by atoms with van der Waals surface area (Å²) in [6, 6.07) is 2.36. The van der Waals surface area contributed by atoms with Crippen molar-refractivity contribution < 1.29 is 8.42 Å². The first kappa shape index (κ1) is 15.9. The van der Waals surface area contributed by atoms with Crippen LogP contribution in [0.15, 0.2) is 11.0 Å². The Labute approximate surface area is 126 Å². The molecule has 0 spiro atoms. The van der Waals surface area contributed by atoms with Crippen molar-refractivity contribution >= 4 is 21.4 Å². The smallest absolute Gasteiger partial charge is 0.244 e. The van der Waals surface area contributed by atoms with Crippen LogP contribution < -0.4 is 5.32 Å². The maximum Gasteiger partial charge on any atom is 0.244 e. The number of aryl methyl sites for hydroxylation is 1. The van der Waals surface area contributed by atoms with Crippen LogP contribution in [0.4, 0.5) is 0 Å². The lowest BCUT2D eigenvalue weighted by Crippen LogP contribution is -2.33. The van der Waals surface area contributed by atoms with E-state index in [2.05, 4.69) is 19.2 Å². The number of hydrogen-bond donors (Lipinski definition) is 1. The third-order valence-corrected chi connectivity index (χ3v) is 7.01. The molecule has 1 aliphatic rings. The highest BCUT2D eigenvalue weighted by molar-refractivity contribution is 7.89. The van der Waals surface area contributed by atoms with Gasteiger partial charge in [0.05, 0.1) is 4.90 Å². The van der Waals surface area contributed by atoms with Crippen LogP contribution in [-0.4, -0.2) is 31.4 Å². The minimum Gasteiger partial charge on any atom is -0.310 e. The van der Waals surface area contributed by atoms with Gasteiger partial charge in [-0.3, -0.25) is 0 Å². The van der Waals surface area contributed by atoms with Crippen molar-refractivity contribution in [2.24, 2.45) is 0 Å². The molecule has 4 nitrogen and oxygen atoms in total. The number of sulfonamides is 1. The van der Waals surface area contributed by atoms with Crippen molar-refractivity contribution in [2.45, 2.75) is 64.1 Å². The fraction of sp³-hybridized carbons (Fsp3) is 0.714. The fourth-order valence-electron chi connectivity index (χ4n) is 2.56. The summed E-state index contributed by atoms with van der Waals surface area (Å²) >= 11 is 1.57. The fourth-order valence-corrected chi connectivity index (χ4v) is 5.82. The van der Waals surface area contributed by atoms with Gasteiger partial charge in [-0.15, -0.1) is 11.3 Å². The lowest BCUT2D eigenvalue weighted by molar-refractivity contribution is 0.408. The molecule has 2 rings (SSSR count). The molecule has 0 aliphatic carbocycles. The van der Waals surface area contributed by atoms with Gasteiger partial charge >= 0.3 is 0 Å². The van der Waals surface area contributed by atoms with Gasteiger partial charge < -0.3 is 5.32 Å². The van der Waals surface area contributed by atoms with E-state index in [0.29, 0.717) is 17.5 Å². The number of nitrogens with one attached hydrogen (secondary N) is 1. The normalized spacial score (nSPS) is 20.9. The second-order valence-electron chi connectivity index (χ2n) is 5.78. The van der Waals surface area contributed by atoms with Crippen molar-refractivity contribution in [2.75, 3.05) is 6.54 Å². The van der Waals surface area contributed by atoms with Crippen LogP contribution in [0.5, 0.6) is 0 Å². The van der Waals surface area contributed by atoms with Crippen LogP contribution in [-0.2, 0) is 16.6 Å². The highest BCUT2D eigenvalue weighted by atomic mass is 32.2. The molecule has 20 heavy (non-hydrogen) atoms. The van der Waals surface area contributed by atoms with Gasteiger partial charge in [0.25, 0.3) is 0 Å². The summed E-state index contributed by atoms with van der Waals surface area (Å²) in [7, 11) is -3.32. The van der Waals surface area contributed by atoms with Crippen LogP contribution in [0.25, 0.3) is 0 Å². The molecule has 1 aromatic rings. The third-order valence-electron chi connectivity index (χ3n) is 3.69. The molecule has 6 heteroatoms. The Bertz CT molecular complexity index is 564. The molecule has 1 N–H and O–H groups in total. The third kappa shape index (κ3) is 3.24. The maximum atomic E-state index is 12.7. The van der Waals surface area contributed by atoms with Crippen molar-refractivity contribution in [3.8, 4) is 0 Å². The topological polar surface area (TPSA) is 49.4 Å². The Kier molecular flexibility index (Phi) is 4.89. The van der Waals surface area contributed by atoms with Gasteiger partial charge in [-0.05, 0) is 32.8 Å². The van der Waals surface area contributed by atoms with Gasteiger partial charge in [0, 0.05) is 34.9 Å². The van der Waals surface area contributed by atoms with Crippen LogP contribution >= 0.6 is 11.3 Å². The number of rotatable bonds is 5. The van der Waals surface area contributed by atoms with E-state index in [9.17, 15) is 8.42 Å². The molecule has 114 valence electrons. The standard InChI is InChI=1S/C14H24N2O2S2/c1-10(2)15-9-13-8-14(12(4)19-13)20(17,18)16-7-5-6-11(16)3/h8,10-11,15H,5-7,9H2,1-4H3. The minimum atomic E-state index is -3.32. The van der Waals surface area contributed by atoms with Gasteiger partial charge in [0.2, 0.25) is 10.0 Å². The number of hydrogen-bond acceptors (Lipinski definition) is 4. The summed E-state index contributed by atoms with van der Waals surface area (Å²) in [5.41, 5.74) is 0. The molecule has 1 saturated heterocycles. The van der Waals surface area contributed by atoms with Crippen LogP contribution in [0, 0.1) is 6.92 Å². The first-order valence-electron chi connectivity index (χ1n) is 7.17. The molecule has 1 aliphatic heterocycles. The van der Waals surface area contributed by atoms with Gasteiger partial charge in [0.15, 0.2) is 0 Å².